The largest absolute Gasteiger partial charge is 0.388 e. The molecule has 5 rings (SSSR count). The minimum absolute atomic E-state index is 1.14. The predicted molar refractivity (Wildman–Crippen MR) is 116 cm³/mol. The van der Waals surface area contributed by atoms with E-state index in [0.29, 0.717) is 0 Å². The number of aromatic nitrogens is 1. The average Bonchev–Trinajstić information content (AvgIpc) is 3.08. The summed E-state index contributed by atoms with van der Waals surface area (Å²) in [7, 11) is 1.97. The molecular formula is C25H20N2. The Balaban J connectivity index is 1.83. The summed E-state index contributed by atoms with van der Waals surface area (Å²) in [6.07, 6.45) is 0. The second-order valence-electron chi connectivity index (χ2n) is 6.72. The number of hydrogen-bond acceptors (Lipinski definition) is 1. The van der Waals surface area contributed by atoms with E-state index in [2.05, 4.69) is 107 Å². The Labute approximate surface area is 158 Å². The number of rotatable bonds is 3. The van der Waals surface area contributed by atoms with Crippen LogP contribution in [-0.4, -0.2) is 11.6 Å². The molecule has 1 N–H and O–H groups in total. The lowest BCUT2D eigenvalue weighted by Gasteiger charge is -2.10. The van der Waals surface area contributed by atoms with Crippen molar-refractivity contribution in [1.29, 1.82) is 0 Å². The van der Waals surface area contributed by atoms with Gasteiger partial charge in [0, 0.05) is 34.8 Å². The molecule has 2 heteroatoms. The first kappa shape index (κ1) is 15.7. The van der Waals surface area contributed by atoms with Gasteiger partial charge in [0.05, 0.1) is 11.0 Å². The van der Waals surface area contributed by atoms with E-state index in [1.165, 1.54) is 38.6 Å². The van der Waals surface area contributed by atoms with E-state index >= 15 is 0 Å². The van der Waals surface area contributed by atoms with E-state index in [4.69, 9.17) is 0 Å². The molecule has 130 valence electrons. The molecule has 0 spiro atoms. The molecule has 0 aliphatic carbocycles. The highest BCUT2D eigenvalue weighted by molar-refractivity contribution is 6.10. The number of anilines is 1. The van der Waals surface area contributed by atoms with Crippen molar-refractivity contribution in [2.24, 2.45) is 0 Å². The van der Waals surface area contributed by atoms with Gasteiger partial charge in [-0.2, -0.15) is 0 Å². The number of nitrogens with zero attached hydrogens (tertiary/aromatic N) is 1. The van der Waals surface area contributed by atoms with Gasteiger partial charge in [-0.1, -0.05) is 60.7 Å². The van der Waals surface area contributed by atoms with Gasteiger partial charge >= 0.3 is 0 Å². The van der Waals surface area contributed by atoms with Gasteiger partial charge < -0.3 is 9.88 Å². The van der Waals surface area contributed by atoms with Crippen LogP contribution in [0.1, 0.15) is 0 Å². The van der Waals surface area contributed by atoms with Crippen LogP contribution in [0.3, 0.4) is 0 Å². The molecule has 0 radical (unpaired) electrons. The smallest absolute Gasteiger partial charge is 0.0541 e. The summed E-state index contributed by atoms with van der Waals surface area (Å²) in [6.45, 7) is 0. The van der Waals surface area contributed by atoms with Crippen molar-refractivity contribution in [2.45, 2.75) is 0 Å². The van der Waals surface area contributed by atoms with Gasteiger partial charge in [-0.05, 0) is 42.0 Å². The summed E-state index contributed by atoms with van der Waals surface area (Å²) < 4.78 is 2.35. The van der Waals surface area contributed by atoms with Crippen LogP contribution in [0, 0.1) is 0 Å². The van der Waals surface area contributed by atoms with Crippen LogP contribution in [0.2, 0.25) is 0 Å². The van der Waals surface area contributed by atoms with Crippen molar-refractivity contribution in [1.82, 2.24) is 4.57 Å². The average molecular weight is 348 g/mol. The van der Waals surface area contributed by atoms with Gasteiger partial charge in [-0.3, -0.25) is 0 Å². The Morgan fingerprint density at radius 2 is 1.33 bits per heavy atom. The van der Waals surface area contributed by atoms with E-state index in [-0.39, 0.29) is 0 Å². The molecule has 0 unspecified atom stereocenters. The molecule has 0 aliphatic heterocycles. The molecule has 0 saturated heterocycles. The Bertz CT molecular complexity index is 1250. The lowest BCUT2D eigenvalue weighted by atomic mass is 10.0. The maximum Gasteiger partial charge on any atom is 0.0541 e. The van der Waals surface area contributed by atoms with Gasteiger partial charge in [-0.15, -0.1) is 0 Å². The van der Waals surface area contributed by atoms with Gasteiger partial charge in [-0.25, -0.2) is 0 Å². The molecule has 1 aromatic heterocycles. The number of benzene rings is 4. The maximum absolute atomic E-state index is 3.31. The van der Waals surface area contributed by atoms with Crippen molar-refractivity contribution in [2.75, 3.05) is 12.4 Å². The third kappa shape index (κ3) is 2.49. The van der Waals surface area contributed by atoms with Crippen molar-refractivity contribution in [3.63, 3.8) is 0 Å². The normalized spacial score (nSPS) is 11.1. The minimum Gasteiger partial charge on any atom is -0.388 e. The van der Waals surface area contributed by atoms with Crippen LogP contribution in [-0.2, 0) is 0 Å². The zero-order valence-corrected chi connectivity index (χ0v) is 15.2. The van der Waals surface area contributed by atoms with Gasteiger partial charge in [0.15, 0.2) is 0 Å². The molecule has 0 saturated carbocycles. The van der Waals surface area contributed by atoms with Crippen LogP contribution in [0.4, 0.5) is 5.69 Å². The standard InChI is InChI=1S/C25H20N2/c1-26-23-13-7-5-11-20(23)18-15-16-25-22(17-18)21-12-6-8-14-24(21)27(25)19-9-3-2-4-10-19/h2-17,26H,1H3. The Kier molecular flexibility index (Phi) is 3.68. The molecule has 4 aromatic carbocycles. The topological polar surface area (TPSA) is 17.0 Å². The highest BCUT2D eigenvalue weighted by Crippen LogP contribution is 2.36. The first-order chi connectivity index (χ1) is 13.4. The fraction of sp³-hybridized carbons (Fsp3) is 0.0400. The second kappa shape index (κ2) is 6.33. The lowest BCUT2D eigenvalue weighted by molar-refractivity contribution is 1.18. The van der Waals surface area contributed by atoms with Crippen LogP contribution < -0.4 is 5.32 Å². The second-order valence-corrected chi connectivity index (χ2v) is 6.72. The molecule has 27 heavy (non-hydrogen) atoms. The lowest BCUT2D eigenvalue weighted by Crippen LogP contribution is -1.93. The van der Waals surface area contributed by atoms with Crippen LogP contribution in [0.15, 0.2) is 97.1 Å². The van der Waals surface area contributed by atoms with E-state index in [9.17, 15) is 0 Å². The van der Waals surface area contributed by atoms with Crippen molar-refractivity contribution in [3.05, 3.63) is 97.1 Å². The third-order valence-electron chi connectivity index (χ3n) is 5.19. The summed E-state index contributed by atoms with van der Waals surface area (Å²) in [6, 6.07) is 34.4. The minimum atomic E-state index is 1.14. The Morgan fingerprint density at radius 3 is 2.19 bits per heavy atom. The molecule has 0 aliphatic rings. The van der Waals surface area contributed by atoms with Crippen molar-refractivity contribution in [3.8, 4) is 16.8 Å². The van der Waals surface area contributed by atoms with Crippen molar-refractivity contribution < 1.29 is 0 Å². The highest BCUT2D eigenvalue weighted by Gasteiger charge is 2.13. The first-order valence-electron chi connectivity index (χ1n) is 9.22. The van der Waals surface area contributed by atoms with E-state index in [1.807, 2.05) is 7.05 Å². The molecule has 0 atom stereocenters. The fourth-order valence-corrected chi connectivity index (χ4v) is 3.95. The highest BCUT2D eigenvalue weighted by atomic mass is 15.0. The van der Waals surface area contributed by atoms with Gasteiger partial charge in [0.2, 0.25) is 0 Å². The van der Waals surface area contributed by atoms with E-state index in [0.717, 1.165) is 5.69 Å². The van der Waals surface area contributed by atoms with E-state index in [1.54, 1.807) is 0 Å². The molecule has 5 aromatic rings. The molecule has 2 nitrogen and oxygen atoms in total. The molecule has 0 fully saturated rings. The van der Waals surface area contributed by atoms with Gasteiger partial charge in [0.1, 0.15) is 0 Å². The van der Waals surface area contributed by atoms with Crippen LogP contribution >= 0.6 is 0 Å². The number of nitrogens with one attached hydrogen (secondary N) is 1. The molecular weight excluding hydrogens is 328 g/mol. The zero-order chi connectivity index (χ0) is 18.2. The monoisotopic (exact) mass is 348 g/mol. The molecule has 1 heterocycles. The predicted octanol–water partition coefficient (Wildman–Crippen LogP) is 6.49. The molecule has 0 bridgehead atoms. The number of para-hydroxylation sites is 3. The SMILES string of the molecule is CNc1ccccc1-c1ccc2c(c1)c1ccccc1n2-c1ccccc1. The zero-order valence-electron chi connectivity index (χ0n) is 15.2. The maximum atomic E-state index is 3.31. The Morgan fingerprint density at radius 1 is 0.630 bits per heavy atom. The Hall–Kier alpha value is -3.52. The van der Waals surface area contributed by atoms with Crippen molar-refractivity contribution >= 4 is 27.5 Å². The van der Waals surface area contributed by atoms with Gasteiger partial charge in [0.25, 0.3) is 0 Å². The summed E-state index contributed by atoms with van der Waals surface area (Å²) in [4.78, 5) is 0. The summed E-state index contributed by atoms with van der Waals surface area (Å²) in [5.41, 5.74) is 7.24. The fourth-order valence-electron chi connectivity index (χ4n) is 3.95. The number of hydrogen-bond donors (Lipinski definition) is 1. The molecule has 0 amide bonds. The summed E-state index contributed by atoms with van der Waals surface area (Å²) >= 11 is 0. The first-order valence-corrected chi connectivity index (χ1v) is 9.22. The van der Waals surface area contributed by atoms with Crippen LogP contribution in [0.5, 0.6) is 0 Å². The number of fused-ring (bicyclic) bond motifs is 3. The van der Waals surface area contributed by atoms with Crippen LogP contribution in [0.25, 0.3) is 38.6 Å². The van der Waals surface area contributed by atoms with E-state index < -0.39 is 0 Å². The third-order valence-corrected chi connectivity index (χ3v) is 5.19. The summed E-state index contributed by atoms with van der Waals surface area (Å²) in [5, 5.41) is 5.86. The summed E-state index contributed by atoms with van der Waals surface area (Å²) in [5.74, 6) is 0. The quantitative estimate of drug-likeness (QED) is 0.394.